The molecule has 1 aromatic heterocycles. The Morgan fingerprint density at radius 3 is 2.58 bits per heavy atom. The molecular weight excluding hydrogens is 412 g/mol. The first kappa shape index (κ1) is 23.4. The molecule has 1 fully saturated rings. The third-order valence-electron chi connectivity index (χ3n) is 7.10. The maximum atomic E-state index is 11.1. The number of aromatic carboxylic acids is 1. The minimum absolute atomic E-state index is 0.264. The summed E-state index contributed by atoms with van der Waals surface area (Å²) in [5.41, 5.74) is 3.17. The van der Waals surface area contributed by atoms with Gasteiger partial charge in [-0.2, -0.15) is 0 Å². The number of carbonyl (C=O) groups is 1. The van der Waals surface area contributed by atoms with Crippen molar-refractivity contribution in [2.24, 2.45) is 0 Å². The molecule has 0 radical (unpaired) electrons. The molecule has 1 N–H and O–H groups in total. The topological polar surface area (TPSA) is 54.7 Å². The first-order chi connectivity index (χ1) is 16.1. The normalized spacial score (nSPS) is 15.4. The fourth-order valence-corrected chi connectivity index (χ4v) is 5.21. The zero-order chi connectivity index (χ0) is 23.2. The van der Waals surface area contributed by atoms with Gasteiger partial charge in [-0.3, -0.25) is 0 Å². The Kier molecular flexibility index (Phi) is 7.71. The molecule has 1 aliphatic heterocycles. The highest BCUT2D eigenvalue weighted by Crippen LogP contribution is 2.36. The summed E-state index contributed by atoms with van der Waals surface area (Å²) in [6.45, 7) is 8.42. The lowest BCUT2D eigenvalue weighted by Gasteiger charge is -2.32. The van der Waals surface area contributed by atoms with Gasteiger partial charge in [0, 0.05) is 29.7 Å². The van der Waals surface area contributed by atoms with Crippen molar-refractivity contribution in [3.63, 3.8) is 0 Å². The molecule has 0 bridgehead atoms. The quantitative estimate of drug-likeness (QED) is 0.367. The van der Waals surface area contributed by atoms with Gasteiger partial charge in [-0.25, -0.2) is 4.79 Å². The van der Waals surface area contributed by atoms with Gasteiger partial charge in [-0.05, 0) is 80.9 Å². The average Bonchev–Trinajstić information content (AvgIpc) is 3.23. The second-order valence-corrected chi connectivity index (χ2v) is 9.13. The summed E-state index contributed by atoms with van der Waals surface area (Å²) in [6, 6.07) is 16.2. The van der Waals surface area contributed by atoms with E-state index in [1.807, 2.05) is 6.07 Å². The third kappa shape index (κ3) is 5.41. The molecule has 2 aromatic carbocycles. The summed E-state index contributed by atoms with van der Waals surface area (Å²) in [5.74, 6) is 0.325. The molecule has 1 saturated heterocycles. The molecule has 0 aliphatic carbocycles. The lowest BCUT2D eigenvalue weighted by atomic mass is 9.89. The van der Waals surface area contributed by atoms with Gasteiger partial charge in [0.15, 0.2) is 0 Å². The van der Waals surface area contributed by atoms with E-state index in [1.54, 1.807) is 18.2 Å². The van der Waals surface area contributed by atoms with Gasteiger partial charge >= 0.3 is 5.97 Å². The van der Waals surface area contributed by atoms with Crippen molar-refractivity contribution in [2.75, 3.05) is 26.2 Å². The number of carboxylic acid groups (broad SMARTS) is 1. The Bertz CT molecular complexity index is 1060. The molecular formula is C28H36N2O3. The lowest BCUT2D eigenvalue weighted by Crippen LogP contribution is -2.34. The van der Waals surface area contributed by atoms with Crippen molar-refractivity contribution in [3.05, 3.63) is 65.9 Å². The number of carboxylic acids is 1. The number of fused-ring (bicyclic) bond motifs is 1. The maximum absolute atomic E-state index is 11.1. The molecule has 3 aromatic rings. The van der Waals surface area contributed by atoms with E-state index in [2.05, 4.69) is 53.8 Å². The number of rotatable bonds is 10. The first-order valence-corrected chi connectivity index (χ1v) is 12.4. The van der Waals surface area contributed by atoms with Crippen LogP contribution in [0.4, 0.5) is 0 Å². The van der Waals surface area contributed by atoms with Crippen LogP contribution < -0.4 is 4.74 Å². The molecule has 0 spiro atoms. The predicted octanol–water partition coefficient (Wildman–Crippen LogP) is 6.35. The van der Waals surface area contributed by atoms with Gasteiger partial charge in [0.1, 0.15) is 5.75 Å². The Balaban J connectivity index is 1.30. The minimum Gasteiger partial charge on any atom is -0.494 e. The summed E-state index contributed by atoms with van der Waals surface area (Å²) in [7, 11) is 0. The zero-order valence-corrected chi connectivity index (χ0v) is 19.9. The molecule has 5 nitrogen and oxygen atoms in total. The molecule has 4 rings (SSSR count). The molecule has 0 unspecified atom stereocenters. The first-order valence-electron chi connectivity index (χ1n) is 12.4. The van der Waals surface area contributed by atoms with E-state index in [0.717, 1.165) is 38.9 Å². The molecule has 33 heavy (non-hydrogen) atoms. The fourth-order valence-electron chi connectivity index (χ4n) is 5.21. The Morgan fingerprint density at radius 2 is 1.85 bits per heavy atom. The van der Waals surface area contributed by atoms with Gasteiger partial charge in [-0.15, -0.1) is 0 Å². The summed E-state index contributed by atoms with van der Waals surface area (Å²) in [4.78, 5) is 13.6. The van der Waals surface area contributed by atoms with Gasteiger partial charge < -0.3 is 19.3 Å². The molecule has 1 aliphatic rings. The average molecular weight is 449 g/mol. The molecule has 0 atom stereocenters. The second-order valence-electron chi connectivity index (χ2n) is 9.13. The number of hydrogen-bond acceptors (Lipinski definition) is 3. The summed E-state index contributed by atoms with van der Waals surface area (Å²) >= 11 is 0. The summed E-state index contributed by atoms with van der Waals surface area (Å²) in [6.07, 6.45) is 8.10. The van der Waals surface area contributed by atoms with Gasteiger partial charge in [-0.1, -0.05) is 38.1 Å². The number of nitrogens with zero attached hydrogens (tertiary/aromatic N) is 2. The van der Waals surface area contributed by atoms with E-state index in [4.69, 9.17) is 9.84 Å². The fraction of sp³-hybridized carbons (Fsp3) is 0.464. The van der Waals surface area contributed by atoms with E-state index < -0.39 is 5.97 Å². The zero-order valence-electron chi connectivity index (χ0n) is 19.9. The SMILES string of the molecule is CCC(CC)n1cc(C2CCN(CCCOc3cccc(C(=O)O)c3)CC2)c2ccccc21. The summed E-state index contributed by atoms with van der Waals surface area (Å²) in [5, 5.41) is 10.5. The van der Waals surface area contributed by atoms with Crippen molar-refractivity contribution in [1.82, 2.24) is 9.47 Å². The Morgan fingerprint density at radius 1 is 1.09 bits per heavy atom. The molecule has 2 heterocycles. The molecule has 0 amide bonds. The number of aromatic nitrogens is 1. The molecule has 0 saturated carbocycles. The van der Waals surface area contributed by atoms with Crippen LogP contribution in [-0.2, 0) is 0 Å². The largest absolute Gasteiger partial charge is 0.494 e. The number of para-hydroxylation sites is 1. The van der Waals surface area contributed by atoms with Crippen molar-refractivity contribution in [2.45, 2.75) is 57.9 Å². The van der Waals surface area contributed by atoms with Crippen molar-refractivity contribution >= 4 is 16.9 Å². The van der Waals surface area contributed by atoms with E-state index in [9.17, 15) is 4.79 Å². The van der Waals surface area contributed by atoms with Crippen LogP contribution in [0.3, 0.4) is 0 Å². The smallest absolute Gasteiger partial charge is 0.335 e. The standard InChI is InChI=1S/C28H36N2O3/c1-3-23(4-2)30-20-26(25-11-5-6-12-27(25)30)21-13-16-29(17-14-21)15-8-18-33-24-10-7-9-22(19-24)28(31)32/h5-7,9-12,19-21,23H,3-4,8,13-18H2,1-2H3,(H,31,32). The minimum atomic E-state index is -0.925. The lowest BCUT2D eigenvalue weighted by molar-refractivity contribution is 0.0696. The molecule has 176 valence electrons. The van der Waals surface area contributed by atoms with E-state index in [1.165, 1.54) is 29.3 Å². The van der Waals surface area contributed by atoms with Crippen LogP contribution >= 0.6 is 0 Å². The highest BCUT2D eigenvalue weighted by molar-refractivity contribution is 5.88. The van der Waals surface area contributed by atoms with Crippen LogP contribution in [0.1, 0.15) is 73.8 Å². The van der Waals surface area contributed by atoms with Crippen LogP contribution in [0.15, 0.2) is 54.7 Å². The maximum Gasteiger partial charge on any atom is 0.335 e. The van der Waals surface area contributed by atoms with Gasteiger partial charge in [0.25, 0.3) is 0 Å². The van der Waals surface area contributed by atoms with Gasteiger partial charge in [0.05, 0.1) is 12.2 Å². The molecule has 5 heteroatoms. The van der Waals surface area contributed by atoms with Gasteiger partial charge in [0.2, 0.25) is 0 Å². The monoisotopic (exact) mass is 448 g/mol. The van der Waals surface area contributed by atoms with Crippen molar-refractivity contribution in [3.8, 4) is 5.75 Å². The van der Waals surface area contributed by atoms with Crippen LogP contribution in [-0.4, -0.2) is 46.8 Å². The van der Waals surface area contributed by atoms with E-state index in [0.29, 0.717) is 24.3 Å². The van der Waals surface area contributed by atoms with Crippen LogP contribution in [0.5, 0.6) is 5.75 Å². The Hall–Kier alpha value is -2.79. The van der Waals surface area contributed by atoms with Crippen LogP contribution in [0.2, 0.25) is 0 Å². The van der Waals surface area contributed by atoms with Crippen LogP contribution in [0.25, 0.3) is 10.9 Å². The van der Waals surface area contributed by atoms with Crippen LogP contribution in [0, 0.1) is 0 Å². The summed E-state index contributed by atoms with van der Waals surface area (Å²) < 4.78 is 8.30. The Labute approximate surface area is 197 Å². The van der Waals surface area contributed by atoms with Crippen molar-refractivity contribution < 1.29 is 14.6 Å². The number of likely N-dealkylation sites (tertiary alicyclic amines) is 1. The highest BCUT2D eigenvalue weighted by atomic mass is 16.5. The highest BCUT2D eigenvalue weighted by Gasteiger charge is 2.24. The van der Waals surface area contributed by atoms with E-state index in [-0.39, 0.29) is 5.56 Å². The number of piperidine rings is 1. The number of ether oxygens (including phenoxy) is 1. The predicted molar refractivity (Wildman–Crippen MR) is 133 cm³/mol. The second kappa shape index (κ2) is 10.9. The third-order valence-corrected chi connectivity index (χ3v) is 7.10. The van der Waals surface area contributed by atoms with E-state index >= 15 is 0 Å². The van der Waals surface area contributed by atoms with Crippen molar-refractivity contribution in [1.29, 1.82) is 0 Å². The number of benzene rings is 2. The number of hydrogen-bond donors (Lipinski definition) is 1.